The van der Waals surface area contributed by atoms with Crippen molar-refractivity contribution in [2.45, 2.75) is 51.4 Å². The molecule has 1 atom stereocenters. The van der Waals surface area contributed by atoms with Gasteiger partial charge in [-0.15, -0.1) is 11.3 Å². The third-order valence-corrected chi connectivity index (χ3v) is 7.67. The van der Waals surface area contributed by atoms with Gasteiger partial charge in [-0.1, -0.05) is 24.3 Å². The fourth-order valence-corrected chi connectivity index (χ4v) is 5.55. The van der Waals surface area contributed by atoms with Crippen molar-refractivity contribution < 1.29 is 22.8 Å². The van der Waals surface area contributed by atoms with Crippen LogP contribution in [0.1, 0.15) is 58.1 Å². The smallest absolute Gasteiger partial charge is 0.341 e. The molecule has 3 aromatic rings. The summed E-state index contributed by atoms with van der Waals surface area (Å²) >= 11 is 1.59. The number of amides is 1. The van der Waals surface area contributed by atoms with Crippen molar-refractivity contribution in [3.8, 4) is 0 Å². The van der Waals surface area contributed by atoms with Crippen LogP contribution in [0.5, 0.6) is 0 Å². The lowest BCUT2D eigenvalue weighted by molar-refractivity contribution is -0.142. The molecule has 2 aliphatic heterocycles. The molecule has 0 saturated carbocycles. The number of aromatic nitrogens is 3. The normalized spacial score (nSPS) is 18.9. The van der Waals surface area contributed by atoms with Gasteiger partial charge in [-0.25, -0.2) is 4.98 Å². The van der Waals surface area contributed by atoms with Crippen LogP contribution in [0.25, 0.3) is 5.70 Å². The van der Waals surface area contributed by atoms with Gasteiger partial charge < -0.3 is 4.90 Å². The standard InChI is InChI=1S/C25H26F3N5O2S/c1-15-5-3-4-6-18(15)21-12-19(31-35-21)20-14-36-24(29-20)17-7-9-32(10-8-17)23(34)13-33-16(2)11-22(30-33)25(26,27)28/h3-6,11-12,14,17,21,31H,7-10,13H2,1-2H3. The lowest BCUT2D eigenvalue weighted by Crippen LogP contribution is -2.40. The van der Waals surface area contributed by atoms with Crippen molar-refractivity contribution in [1.82, 2.24) is 25.1 Å². The van der Waals surface area contributed by atoms with Crippen LogP contribution in [0.2, 0.25) is 0 Å². The van der Waals surface area contributed by atoms with Gasteiger partial charge in [0.1, 0.15) is 12.6 Å². The van der Waals surface area contributed by atoms with Crippen molar-refractivity contribution in [3.05, 3.63) is 75.0 Å². The molecule has 4 heterocycles. The molecule has 1 saturated heterocycles. The third kappa shape index (κ3) is 5.03. The summed E-state index contributed by atoms with van der Waals surface area (Å²) in [7, 11) is 0. The Balaban J connectivity index is 1.18. The summed E-state index contributed by atoms with van der Waals surface area (Å²) in [5.74, 6) is -0.000864. The number of carbonyl (C=O) groups is 1. The number of carbonyl (C=O) groups excluding carboxylic acids is 1. The van der Waals surface area contributed by atoms with Gasteiger partial charge in [-0.05, 0) is 50.0 Å². The molecule has 1 amide bonds. The highest BCUT2D eigenvalue weighted by molar-refractivity contribution is 7.09. The van der Waals surface area contributed by atoms with E-state index in [9.17, 15) is 18.0 Å². The largest absolute Gasteiger partial charge is 0.435 e. The van der Waals surface area contributed by atoms with E-state index in [0.717, 1.165) is 51.1 Å². The van der Waals surface area contributed by atoms with E-state index >= 15 is 0 Å². The minimum atomic E-state index is -4.53. The molecule has 2 aliphatic rings. The van der Waals surface area contributed by atoms with Gasteiger partial charge in [0.2, 0.25) is 5.91 Å². The molecule has 5 rings (SSSR count). The number of piperidine rings is 1. The second-order valence-electron chi connectivity index (χ2n) is 9.13. The van der Waals surface area contributed by atoms with Crippen LogP contribution < -0.4 is 5.48 Å². The van der Waals surface area contributed by atoms with Crippen molar-refractivity contribution in [2.75, 3.05) is 13.1 Å². The fraction of sp³-hybridized carbons (Fsp3) is 0.400. The molecule has 0 aliphatic carbocycles. The van der Waals surface area contributed by atoms with E-state index in [1.54, 1.807) is 16.2 Å². The molecule has 7 nitrogen and oxygen atoms in total. The van der Waals surface area contributed by atoms with Crippen molar-refractivity contribution in [1.29, 1.82) is 0 Å². The first-order valence-corrected chi connectivity index (χ1v) is 12.6. The second kappa shape index (κ2) is 9.70. The Morgan fingerprint density at radius 1 is 1.22 bits per heavy atom. The van der Waals surface area contributed by atoms with E-state index < -0.39 is 11.9 Å². The van der Waals surface area contributed by atoms with Crippen LogP contribution in [-0.2, 0) is 22.4 Å². The van der Waals surface area contributed by atoms with Crippen molar-refractivity contribution in [2.24, 2.45) is 0 Å². The molecule has 2 aromatic heterocycles. The molecule has 1 N–H and O–H groups in total. The van der Waals surface area contributed by atoms with Crippen LogP contribution in [0.4, 0.5) is 13.2 Å². The van der Waals surface area contributed by atoms with Crippen LogP contribution in [0, 0.1) is 13.8 Å². The minimum absolute atomic E-state index is 0.175. The predicted molar refractivity (Wildman–Crippen MR) is 129 cm³/mol. The number of likely N-dealkylation sites (tertiary alicyclic amines) is 1. The number of halogens is 3. The van der Waals surface area contributed by atoms with E-state index in [2.05, 4.69) is 23.6 Å². The molecule has 190 valence electrons. The summed E-state index contributed by atoms with van der Waals surface area (Å²) < 4.78 is 39.8. The maximum absolute atomic E-state index is 12.9. The molecule has 36 heavy (non-hydrogen) atoms. The SMILES string of the molecule is Cc1ccccc1C1C=C(c2csc(C3CCN(C(=O)Cn4nc(C(F)(F)F)cc4C)CC3)n2)NO1. The minimum Gasteiger partial charge on any atom is -0.341 e. The highest BCUT2D eigenvalue weighted by Gasteiger charge is 2.35. The van der Waals surface area contributed by atoms with Crippen molar-refractivity contribution in [3.63, 3.8) is 0 Å². The number of hydroxylamine groups is 1. The van der Waals surface area contributed by atoms with E-state index in [4.69, 9.17) is 9.82 Å². The number of rotatable bonds is 5. The summed E-state index contributed by atoms with van der Waals surface area (Å²) in [5, 5.41) is 6.58. The highest BCUT2D eigenvalue weighted by Crippen LogP contribution is 2.35. The first-order valence-electron chi connectivity index (χ1n) is 11.7. The van der Waals surface area contributed by atoms with Gasteiger partial charge in [-0.3, -0.25) is 19.8 Å². The highest BCUT2D eigenvalue weighted by atomic mass is 32.1. The lowest BCUT2D eigenvalue weighted by atomic mass is 9.97. The zero-order valence-electron chi connectivity index (χ0n) is 19.9. The molecule has 0 radical (unpaired) electrons. The van der Waals surface area contributed by atoms with Crippen LogP contribution >= 0.6 is 11.3 Å². The number of benzene rings is 1. The zero-order chi connectivity index (χ0) is 25.4. The Kier molecular flexibility index (Phi) is 6.60. The quantitative estimate of drug-likeness (QED) is 0.516. The van der Waals surface area contributed by atoms with E-state index in [1.807, 2.05) is 29.7 Å². The topological polar surface area (TPSA) is 72.3 Å². The summed E-state index contributed by atoms with van der Waals surface area (Å²) in [4.78, 5) is 25.0. The Hall–Kier alpha value is -3.18. The first-order chi connectivity index (χ1) is 17.2. The van der Waals surface area contributed by atoms with Crippen molar-refractivity contribution >= 4 is 22.9 Å². The van der Waals surface area contributed by atoms with Gasteiger partial charge in [0.05, 0.1) is 16.4 Å². The van der Waals surface area contributed by atoms with Gasteiger partial charge in [-0.2, -0.15) is 18.3 Å². The number of aryl methyl sites for hydroxylation is 2. The molecule has 0 bridgehead atoms. The number of hydrogen-bond donors (Lipinski definition) is 1. The Morgan fingerprint density at radius 3 is 2.67 bits per heavy atom. The molecule has 1 unspecified atom stereocenters. The molecule has 0 spiro atoms. The number of nitrogens with zero attached hydrogens (tertiary/aromatic N) is 4. The van der Waals surface area contributed by atoms with Crippen LogP contribution in [0.15, 0.2) is 41.8 Å². The summed E-state index contributed by atoms with van der Waals surface area (Å²) in [5.41, 5.74) is 6.26. The Morgan fingerprint density at radius 2 is 1.97 bits per heavy atom. The number of thiazole rings is 1. The third-order valence-electron chi connectivity index (χ3n) is 6.66. The van der Waals surface area contributed by atoms with Crippen LogP contribution in [0.3, 0.4) is 0 Å². The summed E-state index contributed by atoms with van der Waals surface area (Å²) in [6, 6.07) is 9.05. The maximum atomic E-state index is 12.9. The average Bonchev–Trinajstić information content (AvgIpc) is 3.59. The predicted octanol–water partition coefficient (Wildman–Crippen LogP) is 5.00. The first kappa shape index (κ1) is 24.5. The maximum Gasteiger partial charge on any atom is 0.435 e. The van der Waals surface area contributed by atoms with Gasteiger partial charge in [0.25, 0.3) is 0 Å². The Bertz CT molecular complexity index is 1290. The fourth-order valence-electron chi connectivity index (χ4n) is 4.55. The molecule has 1 fully saturated rings. The zero-order valence-corrected chi connectivity index (χ0v) is 20.7. The second-order valence-corrected chi connectivity index (χ2v) is 10.0. The average molecular weight is 518 g/mol. The van der Waals surface area contributed by atoms with E-state index in [1.165, 1.54) is 6.92 Å². The molecular formula is C25H26F3N5O2S. The number of alkyl halides is 3. The number of hydrogen-bond acceptors (Lipinski definition) is 6. The monoisotopic (exact) mass is 517 g/mol. The van der Waals surface area contributed by atoms with Gasteiger partial charge >= 0.3 is 6.18 Å². The summed E-state index contributed by atoms with van der Waals surface area (Å²) in [6.07, 6.45) is -1.17. The molecule has 1 aromatic carbocycles. The lowest BCUT2D eigenvalue weighted by Gasteiger charge is -2.31. The van der Waals surface area contributed by atoms with E-state index in [0.29, 0.717) is 18.8 Å². The molecule has 11 heteroatoms. The number of nitrogens with one attached hydrogen (secondary N) is 1. The Labute approximate surface area is 210 Å². The van der Waals surface area contributed by atoms with Crippen LogP contribution in [-0.4, -0.2) is 38.7 Å². The van der Waals surface area contributed by atoms with Gasteiger partial charge in [0.15, 0.2) is 5.69 Å². The summed E-state index contributed by atoms with van der Waals surface area (Å²) in [6.45, 7) is 4.44. The van der Waals surface area contributed by atoms with Gasteiger partial charge in [0, 0.05) is 30.1 Å². The molecular weight excluding hydrogens is 491 g/mol. The van der Waals surface area contributed by atoms with E-state index in [-0.39, 0.29) is 24.5 Å².